The fourth-order valence-electron chi connectivity index (χ4n) is 2.77. The van der Waals surface area contributed by atoms with Gasteiger partial charge in [0.05, 0.1) is 0 Å². The Morgan fingerprint density at radius 1 is 1.25 bits per heavy atom. The molecule has 1 unspecified atom stereocenters. The zero-order valence-electron chi connectivity index (χ0n) is 8.40. The van der Waals surface area contributed by atoms with Crippen LogP contribution in [0.25, 0.3) is 0 Å². The van der Waals surface area contributed by atoms with Gasteiger partial charge in [0.15, 0.2) is 0 Å². The first kappa shape index (κ1) is 8.55. The predicted molar refractivity (Wildman–Crippen MR) is 52.1 cm³/mol. The standard InChI is InChI=1S/C11H21N/c1-11(2)4-3-9(6-11)5-10-7-12-8-10/h9-10,12H,3-8H2,1-2H3. The molecular weight excluding hydrogens is 146 g/mol. The van der Waals surface area contributed by atoms with Gasteiger partial charge in [-0.2, -0.15) is 0 Å². The van der Waals surface area contributed by atoms with Crippen molar-refractivity contribution in [2.45, 2.75) is 39.5 Å². The van der Waals surface area contributed by atoms with Crippen molar-refractivity contribution in [3.8, 4) is 0 Å². The molecule has 0 aromatic rings. The van der Waals surface area contributed by atoms with Crippen LogP contribution >= 0.6 is 0 Å². The van der Waals surface area contributed by atoms with Crippen molar-refractivity contribution in [2.24, 2.45) is 17.3 Å². The lowest BCUT2D eigenvalue weighted by Crippen LogP contribution is -2.42. The Kier molecular flexibility index (Phi) is 2.16. The van der Waals surface area contributed by atoms with E-state index in [0.29, 0.717) is 5.41 Å². The zero-order valence-corrected chi connectivity index (χ0v) is 8.40. The summed E-state index contributed by atoms with van der Waals surface area (Å²) in [6, 6.07) is 0. The molecule has 70 valence electrons. The highest BCUT2D eigenvalue weighted by Gasteiger charge is 2.33. The van der Waals surface area contributed by atoms with Crippen LogP contribution < -0.4 is 5.32 Å². The van der Waals surface area contributed by atoms with E-state index in [-0.39, 0.29) is 0 Å². The first-order valence-electron chi connectivity index (χ1n) is 5.36. The second-order valence-electron chi connectivity index (χ2n) is 5.53. The molecular formula is C11H21N. The van der Waals surface area contributed by atoms with Gasteiger partial charge >= 0.3 is 0 Å². The Hall–Kier alpha value is -0.0400. The lowest BCUT2D eigenvalue weighted by molar-refractivity contribution is 0.263. The highest BCUT2D eigenvalue weighted by atomic mass is 14.9. The van der Waals surface area contributed by atoms with Gasteiger partial charge in [-0.05, 0) is 56.0 Å². The molecule has 0 bridgehead atoms. The smallest absolute Gasteiger partial charge is 0.000815 e. The van der Waals surface area contributed by atoms with E-state index >= 15 is 0 Å². The SMILES string of the molecule is CC1(C)CCC(CC2CNC2)C1. The quantitative estimate of drug-likeness (QED) is 0.666. The average Bonchev–Trinajstić information content (AvgIpc) is 2.21. The minimum atomic E-state index is 0.655. The van der Waals surface area contributed by atoms with Gasteiger partial charge in [0.25, 0.3) is 0 Å². The zero-order chi connectivity index (χ0) is 8.60. The van der Waals surface area contributed by atoms with Crippen LogP contribution in [0, 0.1) is 17.3 Å². The maximum Gasteiger partial charge on any atom is -0.000815 e. The number of hydrogen-bond acceptors (Lipinski definition) is 1. The predicted octanol–water partition coefficient (Wildman–Crippen LogP) is 2.42. The molecule has 0 amide bonds. The molecule has 1 saturated carbocycles. The van der Waals surface area contributed by atoms with Crippen molar-refractivity contribution >= 4 is 0 Å². The van der Waals surface area contributed by atoms with Gasteiger partial charge in [0, 0.05) is 0 Å². The van der Waals surface area contributed by atoms with E-state index in [1.807, 2.05) is 0 Å². The third-order valence-corrected chi connectivity index (χ3v) is 3.60. The van der Waals surface area contributed by atoms with Crippen LogP contribution in [-0.2, 0) is 0 Å². The van der Waals surface area contributed by atoms with E-state index in [1.165, 1.54) is 38.8 Å². The summed E-state index contributed by atoms with van der Waals surface area (Å²) in [4.78, 5) is 0. The van der Waals surface area contributed by atoms with E-state index in [0.717, 1.165) is 11.8 Å². The van der Waals surface area contributed by atoms with E-state index < -0.39 is 0 Å². The van der Waals surface area contributed by atoms with Gasteiger partial charge in [-0.3, -0.25) is 0 Å². The molecule has 1 N–H and O–H groups in total. The number of rotatable bonds is 2. The summed E-state index contributed by atoms with van der Waals surface area (Å²) in [6.07, 6.45) is 5.92. The molecule has 1 heterocycles. The average molecular weight is 167 g/mol. The summed E-state index contributed by atoms with van der Waals surface area (Å²) >= 11 is 0. The number of nitrogens with one attached hydrogen (secondary N) is 1. The highest BCUT2D eigenvalue weighted by molar-refractivity contribution is 4.86. The van der Waals surface area contributed by atoms with Gasteiger partial charge in [0.1, 0.15) is 0 Å². The summed E-state index contributed by atoms with van der Waals surface area (Å²) < 4.78 is 0. The second kappa shape index (κ2) is 3.02. The summed E-state index contributed by atoms with van der Waals surface area (Å²) in [6.45, 7) is 7.42. The van der Waals surface area contributed by atoms with Crippen LogP contribution in [0.15, 0.2) is 0 Å². The van der Waals surface area contributed by atoms with Crippen LogP contribution in [-0.4, -0.2) is 13.1 Å². The third-order valence-electron chi connectivity index (χ3n) is 3.60. The van der Waals surface area contributed by atoms with Gasteiger partial charge in [0.2, 0.25) is 0 Å². The van der Waals surface area contributed by atoms with Gasteiger partial charge in [-0.25, -0.2) is 0 Å². The van der Waals surface area contributed by atoms with Crippen LogP contribution in [0.3, 0.4) is 0 Å². The fraction of sp³-hybridized carbons (Fsp3) is 1.00. The summed E-state index contributed by atoms with van der Waals surface area (Å²) in [5, 5.41) is 3.36. The van der Waals surface area contributed by atoms with Crippen molar-refractivity contribution in [1.82, 2.24) is 5.32 Å². The van der Waals surface area contributed by atoms with E-state index in [9.17, 15) is 0 Å². The molecule has 1 atom stereocenters. The molecule has 1 saturated heterocycles. The van der Waals surface area contributed by atoms with Gasteiger partial charge < -0.3 is 5.32 Å². The fourth-order valence-corrected chi connectivity index (χ4v) is 2.77. The monoisotopic (exact) mass is 167 g/mol. The molecule has 1 nitrogen and oxygen atoms in total. The molecule has 0 spiro atoms. The van der Waals surface area contributed by atoms with Gasteiger partial charge in [-0.15, -0.1) is 0 Å². The second-order valence-corrected chi connectivity index (χ2v) is 5.53. The lowest BCUT2D eigenvalue weighted by Gasteiger charge is -2.29. The van der Waals surface area contributed by atoms with Crippen molar-refractivity contribution in [3.05, 3.63) is 0 Å². The Morgan fingerprint density at radius 3 is 2.42 bits per heavy atom. The molecule has 2 aliphatic rings. The van der Waals surface area contributed by atoms with Crippen LogP contribution in [0.1, 0.15) is 39.5 Å². The highest BCUT2D eigenvalue weighted by Crippen LogP contribution is 2.43. The van der Waals surface area contributed by atoms with Crippen molar-refractivity contribution in [2.75, 3.05) is 13.1 Å². The molecule has 12 heavy (non-hydrogen) atoms. The Morgan fingerprint density at radius 2 is 2.00 bits per heavy atom. The molecule has 1 aliphatic heterocycles. The topological polar surface area (TPSA) is 12.0 Å². The van der Waals surface area contributed by atoms with E-state index in [2.05, 4.69) is 19.2 Å². The Labute approximate surface area is 75.9 Å². The molecule has 2 rings (SSSR count). The number of hydrogen-bond donors (Lipinski definition) is 1. The first-order valence-corrected chi connectivity index (χ1v) is 5.36. The normalized spacial score (nSPS) is 35.0. The largest absolute Gasteiger partial charge is 0.316 e. The molecule has 2 fully saturated rings. The molecule has 0 aromatic carbocycles. The molecule has 0 aromatic heterocycles. The minimum absolute atomic E-state index is 0.655. The van der Waals surface area contributed by atoms with Crippen LogP contribution in [0.2, 0.25) is 0 Å². The molecule has 0 radical (unpaired) electrons. The van der Waals surface area contributed by atoms with Crippen LogP contribution in [0.5, 0.6) is 0 Å². The van der Waals surface area contributed by atoms with Crippen molar-refractivity contribution < 1.29 is 0 Å². The summed E-state index contributed by atoms with van der Waals surface area (Å²) in [5.74, 6) is 2.07. The van der Waals surface area contributed by atoms with Crippen molar-refractivity contribution in [1.29, 1.82) is 0 Å². The van der Waals surface area contributed by atoms with Crippen molar-refractivity contribution in [3.63, 3.8) is 0 Å². The summed E-state index contributed by atoms with van der Waals surface area (Å²) in [7, 11) is 0. The lowest BCUT2D eigenvalue weighted by atomic mass is 9.86. The van der Waals surface area contributed by atoms with Crippen LogP contribution in [0.4, 0.5) is 0 Å². The Balaban J connectivity index is 1.75. The first-order chi connectivity index (χ1) is 5.66. The van der Waals surface area contributed by atoms with Gasteiger partial charge in [-0.1, -0.05) is 13.8 Å². The maximum absolute atomic E-state index is 3.36. The third kappa shape index (κ3) is 1.82. The minimum Gasteiger partial charge on any atom is -0.316 e. The summed E-state index contributed by atoms with van der Waals surface area (Å²) in [5.41, 5.74) is 0.655. The van der Waals surface area contributed by atoms with E-state index in [4.69, 9.17) is 0 Å². The van der Waals surface area contributed by atoms with E-state index in [1.54, 1.807) is 0 Å². The molecule has 1 aliphatic carbocycles. The Bertz CT molecular complexity index is 158. The maximum atomic E-state index is 3.36. The molecule has 1 heteroatoms.